The lowest BCUT2D eigenvalue weighted by atomic mass is 10.2. The molecule has 1 N–H and O–H groups in total. The normalized spacial score (nSPS) is 10.3. The highest BCUT2D eigenvalue weighted by Crippen LogP contribution is 2.23. The lowest BCUT2D eigenvalue weighted by Crippen LogP contribution is -2.00. The van der Waals surface area contributed by atoms with Crippen molar-refractivity contribution in [1.82, 2.24) is 4.98 Å². The fourth-order valence-electron chi connectivity index (χ4n) is 1.64. The van der Waals surface area contributed by atoms with E-state index in [-0.39, 0.29) is 0 Å². The van der Waals surface area contributed by atoms with Crippen LogP contribution in [0.2, 0.25) is 0 Å². The van der Waals surface area contributed by atoms with Gasteiger partial charge in [0, 0.05) is 22.6 Å². The highest BCUT2D eigenvalue weighted by molar-refractivity contribution is 9.10. The van der Waals surface area contributed by atoms with E-state index in [1.165, 1.54) is 5.57 Å². The summed E-state index contributed by atoms with van der Waals surface area (Å²) in [4.78, 5) is 4.45. The molecule has 17 heavy (non-hydrogen) atoms. The van der Waals surface area contributed by atoms with Gasteiger partial charge in [0.05, 0.1) is 11.2 Å². The van der Waals surface area contributed by atoms with Crippen LogP contribution in [0.4, 0.5) is 5.69 Å². The van der Waals surface area contributed by atoms with Crippen LogP contribution < -0.4 is 5.32 Å². The van der Waals surface area contributed by atoms with Gasteiger partial charge in [0.2, 0.25) is 0 Å². The number of para-hydroxylation sites is 1. The van der Waals surface area contributed by atoms with Crippen LogP contribution in [-0.4, -0.2) is 11.5 Å². The van der Waals surface area contributed by atoms with Crippen LogP contribution >= 0.6 is 15.9 Å². The van der Waals surface area contributed by atoms with E-state index < -0.39 is 0 Å². The van der Waals surface area contributed by atoms with E-state index in [2.05, 4.69) is 64.4 Å². The average Bonchev–Trinajstić information content (AvgIpc) is 2.28. The molecule has 2 rings (SSSR count). The Morgan fingerprint density at radius 3 is 3.00 bits per heavy atom. The first-order valence-corrected chi connectivity index (χ1v) is 6.37. The first kappa shape index (κ1) is 12.1. The summed E-state index contributed by atoms with van der Waals surface area (Å²) in [6.45, 7) is 5.03. The lowest BCUT2D eigenvalue weighted by molar-refractivity contribution is 1.26. The number of nitrogens with one attached hydrogen (secondary N) is 1. The number of pyridine rings is 1. The number of anilines is 1. The second-order valence-electron chi connectivity index (χ2n) is 4.19. The predicted octanol–water partition coefficient (Wildman–Crippen LogP) is 4.38. The standard InChI is InChI=1S/C14H15BrN2/c1-10(2)6-7-16-13-5-3-4-11-8-12(15)9-17-14(11)13/h3-6,8-9,16H,7H2,1-2H3. The monoisotopic (exact) mass is 290 g/mol. The van der Waals surface area contributed by atoms with Gasteiger partial charge in [-0.05, 0) is 41.9 Å². The van der Waals surface area contributed by atoms with E-state index in [4.69, 9.17) is 0 Å². The fraction of sp³-hybridized carbons (Fsp3) is 0.214. The van der Waals surface area contributed by atoms with Gasteiger partial charge < -0.3 is 5.32 Å². The third-order valence-corrected chi connectivity index (χ3v) is 2.91. The van der Waals surface area contributed by atoms with Gasteiger partial charge in [0.1, 0.15) is 0 Å². The number of hydrogen-bond acceptors (Lipinski definition) is 2. The first-order valence-electron chi connectivity index (χ1n) is 5.58. The van der Waals surface area contributed by atoms with Gasteiger partial charge in [-0.15, -0.1) is 0 Å². The summed E-state index contributed by atoms with van der Waals surface area (Å²) in [7, 11) is 0. The van der Waals surface area contributed by atoms with Gasteiger partial charge in [-0.1, -0.05) is 23.8 Å². The van der Waals surface area contributed by atoms with Crippen molar-refractivity contribution < 1.29 is 0 Å². The van der Waals surface area contributed by atoms with Crippen molar-refractivity contribution in [3.05, 3.63) is 46.6 Å². The zero-order chi connectivity index (χ0) is 12.3. The molecule has 88 valence electrons. The molecule has 2 aromatic rings. The zero-order valence-corrected chi connectivity index (χ0v) is 11.6. The molecule has 1 heterocycles. The lowest BCUT2D eigenvalue weighted by Gasteiger charge is -2.07. The summed E-state index contributed by atoms with van der Waals surface area (Å²) in [6.07, 6.45) is 3.99. The van der Waals surface area contributed by atoms with Gasteiger partial charge in [-0.25, -0.2) is 0 Å². The number of hydrogen-bond donors (Lipinski definition) is 1. The maximum atomic E-state index is 4.45. The Hall–Kier alpha value is -1.35. The molecule has 1 aromatic heterocycles. The molecule has 3 heteroatoms. The Bertz CT molecular complexity index is 557. The quantitative estimate of drug-likeness (QED) is 0.849. The predicted molar refractivity (Wildman–Crippen MR) is 77.4 cm³/mol. The molecule has 0 saturated heterocycles. The average molecular weight is 291 g/mol. The van der Waals surface area contributed by atoms with E-state index in [0.29, 0.717) is 0 Å². The number of nitrogens with zero attached hydrogens (tertiary/aromatic N) is 1. The van der Waals surface area contributed by atoms with Gasteiger partial charge in [0.25, 0.3) is 0 Å². The zero-order valence-electron chi connectivity index (χ0n) is 10.00. The van der Waals surface area contributed by atoms with Gasteiger partial charge in [0.15, 0.2) is 0 Å². The molecule has 0 aliphatic carbocycles. The van der Waals surface area contributed by atoms with Crippen molar-refractivity contribution in [3.8, 4) is 0 Å². The maximum Gasteiger partial charge on any atom is 0.0934 e. The molecule has 0 saturated carbocycles. The summed E-state index contributed by atoms with van der Waals surface area (Å²) in [5.74, 6) is 0. The number of rotatable bonds is 3. The molecule has 0 radical (unpaired) electrons. The summed E-state index contributed by atoms with van der Waals surface area (Å²) < 4.78 is 1.01. The smallest absolute Gasteiger partial charge is 0.0934 e. The van der Waals surface area contributed by atoms with E-state index in [1.54, 1.807) is 0 Å². The molecule has 0 bridgehead atoms. The number of allylic oxidation sites excluding steroid dienone is 1. The summed E-state index contributed by atoms with van der Waals surface area (Å²) in [6, 6.07) is 8.25. The topological polar surface area (TPSA) is 24.9 Å². The van der Waals surface area contributed by atoms with Crippen LogP contribution in [-0.2, 0) is 0 Å². The number of benzene rings is 1. The second kappa shape index (κ2) is 5.32. The minimum Gasteiger partial charge on any atom is -0.380 e. The number of halogens is 1. The fourth-order valence-corrected chi connectivity index (χ4v) is 1.99. The highest BCUT2D eigenvalue weighted by Gasteiger charge is 2.01. The van der Waals surface area contributed by atoms with E-state index in [1.807, 2.05) is 12.3 Å². The molecule has 0 amide bonds. The Balaban J connectivity index is 2.31. The summed E-state index contributed by atoms with van der Waals surface area (Å²) in [5.41, 5.74) is 3.40. The second-order valence-corrected chi connectivity index (χ2v) is 5.11. The van der Waals surface area contributed by atoms with Crippen molar-refractivity contribution in [3.63, 3.8) is 0 Å². The largest absolute Gasteiger partial charge is 0.380 e. The highest BCUT2D eigenvalue weighted by atomic mass is 79.9. The van der Waals surface area contributed by atoms with Crippen molar-refractivity contribution >= 4 is 32.5 Å². The van der Waals surface area contributed by atoms with E-state index >= 15 is 0 Å². The molecule has 0 unspecified atom stereocenters. The van der Waals surface area contributed by atoms with Gasteiger partial charge in [-0.3, -0.25) is 4.98 Å². The first-order chi connectivity index (χ1) is 8.16. The Morgan fingerprint density at radius 1 is 1.41 bits per heavy atom. The van der Waals surface area contributed by atoms with Crippen molar-refractivity contribution in [2.45, 2.75) is 13.8 Å². The molecule has 0 fully saturated rings. The van der Waals surface area contributed by atoms with Gasteiger partial charge >= 0.3 is 0 Å². The van der Waals surface area contributed by atoms with E-state index in [0.717, 1.165) is 27.6 Å². The Kier molecular flexibility index (Phi) is 3.79. The molecular weight excluding hydrogens is 276 g/mol. The van der Waals surface area contributed by atoms with Crippen LogP contribution in [0.1, 0.15) is 13.8 Å². The molecule has 0 aliphatic heterocycles. The van der Waals surface area contributed by atoms with Crippen molar-refractivity contribution in [2.75, 3.05) is 11.9 Å². The minimum atomic E-state index is 0.833. The van der Waals surface area contributed by atoms with E-state index in [9.17, 15) is 0 Å². The van der Waals surface area contributed by atoms with Crippen LogP contribution in [0.5, 0.6) is 0 Å². The van der Waals surface area contributed by atoms with Crippen molar-refractivity contribution in [2.24, 2.45) is 0 Å². The number of fused-ring (bicyclic) bond motifs is 1. The molecule has 2 nitrogen and oxygen atoms in total. The van der Waals surface area contributed by atoms with Crippen LogP contribution in [0.15, 0.2) is 46.6 Å². The summed E-state index contributed by atoms with van der Waals surface area (Å²) in [5, 5.41) is 4.52. The molecule has 1 aromatic carbocycles. The molecule has 0 spiro atoms. The molecule has 0 atom stereocenters. The third-order valence-electron chi connectivity index (χ3n) is 2.48. The third kappa shape index (κ3) is 3.07. The molecule has 0 aliphatic rings. The van der Waals surface area contributed by atoms with Crippen LogP contribution in [0.25, 0.3) is 10.9 Å². The Labute approximate surface area is 110 Å². The van der Waals surface area contributed by atoms with Crippen LogP contribution in [0, 0.1) is 0 Å². The SMILES string of the molecule is CC(C)=CCNc1cccc2cc(Br)cnc12. The minimum absolute atomic E-state index is 0.833. The maximum absolute atomic E-state index is 4.45. The van der Waals surface area contributed by atoms with Gasteiger partial charge in [-0.2, -0.15) is 0 Å². The van der Waals surface area contributed by atoms with Crippen molar-refractivity contribution in [1.29, 1.82) is 0 Å². The Morgan fingerprint density at radius 2 is 2.24 bits per heavy atom. The summed E-state index contributed by atoms with van der Waals surface area (Å²) >= 11 is 3.44. The number of aromatic nitrogens is 1. The van der Waals surface area contributed by atoms with Crippen LogP contribution in [0.3, 0.4) is 0 Å². The molecular formula is C14H15BrN2.